The average Bonchev–Trinajstić information content (AvgIpc) is 3.09. The van der Waals surface area contributed by atoms with Crippen LogP contribution in [0.15, 0.2) is 60.8 Å². The lowest BCUT2D eigenvalue weighted by molar-refractivity contribution is 0.447. The Morgan fingerprint density at radius 3 is 2.54 bits per heavy atom. The Morgan fingerprint density at radius 2 is 1.81 bits per heavy atom. The van der Waals surface area contributed by atoms with Crippen molar-refractivity contribution in [1.82, 2.24) is 4.98 Å². The van der Waals surface area contributed by atoms with Gasteiger partial charge in [-0.1, -0.05) is 29.8 Å². The van der Waals surface area contributed by atoms with Crippen molar-refractivity contribution in [3.05, 3.63) is 72.2 Å². The zero-order valence-corrected chi connectivity index (χ0v) is 15.2. The SMILES string of the molecule is CNc1ccc(Oc2ccnc3cc(-c4ccc(C)cc4)sc23)c(F)c1. The number of anilines is 1. The van der Waals surface area contributed by atoms with Crippen LogP contribution in [-0.4, -0.2) is 12.0 Å². The van der Waals surface area contributed by atoms with E-state index in [1.165, 1.54) is 11.6 Å². The van der Waals surface area contributed by atoms with E-state index in [9.17, 15) is 4.39 Å². The quantitative estimate of drug-likeness (QED) is 0.465. The summed E-state index contributed by atoms with van der Waals surface area (Å²) in [5.74, 6) is 0.397. The summed E-state index contributed by atoms with van der Waals surface area (Å²) in [7, 11) is 1.75. The van der Waals surface area contributed by atoms with Crippen LogP contribution >= 0.6 is 11.3 Å². The molecular weight excluding hydrogens is 347 g/mol. The van der Waals surface area contributed by atoms with Crippen LogP contribution in [0.4, 0.5) is 10.1 Å². The monoisotopic (exact) mass is 364 g/mol. The summed E-state index contributed by atoms with van der Waals surface area (Å²) in [5.41, 5.74) is 3.90. The number of rotatable bonds is 4. The Labute approximate surface area is 155 Å². The number of halogens is 1. The van der Waals surface area contributed by atoms with E-state index in [4.69, 9.17) is 4.74 Å². The summed E-state index contributed by atoms with van der Waals surface area (Å²) in [5, 5.41) is 2.91. The highest BCUT2D eigenvalue weighted by molar-refractivity contribution is 7.22. The van der Waals surface area contributed by atoms with Crippen molar-refractivity contribution in [2.45, 2.75) is 6.92 Å². The second-order valence-corrected chi connectivity index (χ2v) is 7.05. The van der Waals surface area contributed by atoms with Gasteiger partial charge in [0, 0.05) is 35.9 Å². The lowest BCUT2D eigenvalue weighted by Gasteiger charge is -2.08. The zero-order chi connectivity index (χ0) is 18.1. The minimum absolute atomic E-state index is 0.196. The summed E-state index contributed by atoms with van der Waals surface area (Å²) in [6.45, 7) is 2.07. The normalized spacial score (nSPS) is 10.9. The highest BCUT2D eigenvalue weighted by atomic mass is 32.1. The second-order valence-electron chi connectivity index (χ2n) is 6.00. The summed E-state index contributed by atoms with van der Waals surface area (Å²) in [6.07, 6.45) is 1.68. The van der Waals surface area contributed by atoms with E-state index in [2.05, 4.69) is 41.5 Å². The largest absolute Gasteiger partial charge is 0.453 e. The van der Waals surface area contributed by atoms with Crippen LogP contribution in [0.25, 0.3) is 20.7 Å². The summed E-state index contributed by atoms with van der Waals surface area (Å²) in [4.78, 5) is 5.53. The number of ether oxygens (including phenoxy) is 1. The van der Waals surface area contributed by atoms with Crippen LogP contribution in [0.2, 0.25) is 0 Å². The summed E-state index contributed by atoms with van der Waals surface area (Å²) >= 11 is 1.59. The molecule has 4 rings (SSSR count). The van der Waals surface area contributed by atoms with E-state index < -0.39 is 5.82 Å². The summed E-state index contributed by atoms with van der Waals surface area (Å²) in [6, 6.07) is 17.0. The molecule has 3 nitrogen and oxygen atoms in total. The maximum atomic E-state index is 14.3. The lowest BCUT2D eigenvalue weighted by Crippen LogP contribution is -1.92. The Hall–Kier alpha value is -2.92. The van der Waals surface area contributed by atoms with E-state index in [0.29, 0.717) is 11.4 Å². The molecule has 5 heteroatoms. The molecule has 0 amide bonds. The van der Waals surface area contributed by atoms with Gasteiger partial charge in [0.15, 0.2) is 11.6 Å². The Kier molecular flexibility index (Phi) is 4.31. The van der Waals surface area contributed by atoms with Gasteiger partial charge in [-0.2, -0.15) is 0 Å². The Bertz CT molecular complexity index is 1070. The first-order chi connectivity index (χ1) is 12.6. The van der Waals surface area contributed by atoms with Gasteiger partial charge in [-0.15, -0.1) is 11.3 Å². The Morgan fingerprint density at radius 1 is 1.00 bits per heavy atom. The zero-order valence-electron chi connectivity index (χ0n) is 14.4. The van der Waals surface area contributed by atoms with E-state index in [1.54, 1.807) is 42.8 Å². The van der Waals surface area contributed by atoms with Crippen molar-refractivity contribution in [3.8, 4) is 21.9 Å². The van der Waals surface area contributed by atoms with Gasteiger partial charge < -0.3 is 10.1 Å². The fourth-order valence-corrected chi connectivity index (χ4v) is 3.78. The average molecular weight is 364 g/mol. The van der Waals surface area contributed by atoms with Crippen molar-refractivity contribution in [1.29, 1.82) is 0 Å². The smallest absolute Gasteiger partial charge is 0.167 e. The maximum Gasteiger partial charge on any atom is 0.167 e. The van der Waals surface area contributed by atoms with Crippen molar-refractivity contribution in [2.75, 3.05) is 12.4 Å². The van der Waals surface area contributed by atoms with Gasteiger partial charge in [-0.05, 0) is 30.7 Å². The Balaban J connectivity index is 1.73. The molecule has 2 aromatic heterocycles. The molecule has 0 aliphatic carbocycles. The van der Waals surface area contributed by atoms with Gasteiger partial charge in [-0.25, -0.2) is 4.39 Å². The number of pyridine rings is 1. The molecule has 0 aliphatic rings. The van der Waals surface area contributed by atoms with E-state index in [0.717, 1.165) is 20.7 Å². The third-order valence-corrected chi connectivity index (χ3v) is 5.34. The van der Waals surface area contributed by atoms with Crippen molar-refractivity contribution in [2.24, 2.45) is 0 Å². The minimum atomic E-state index is -0.405. The highest BCUT2D eigenvalue weighted by Gasteiger charge is 2.13. The lowest BCUT2D eigenvalue weighted by atomic mass is 10.1. The second kappa shape index (κ2) is 6.77. The predicted molar refractivity (Wildman–Crippen MR) is 106 cm³/mol. The topological polar surface area (TPSA) is 34.1 Å². The molecule has 0 radical (unpaired) electrons. The van der Waals surface area contributed by atoms with E-state index in [-0.39, 0.29) is 5.75 Å². The molecule has 0 aliphatic heterocycles. The van der Waals surface area contributed by atoms with Gasteiger partial charge in [-0.3, -0.25) is 4.98 Å². The standard InChI is InChI=1S/C21H17FN2OS/c1-13-3-5-14(6-4-13)20-12-17-21(26-20)19(9-10-24-17)25-18-8-7-15(23-2)11-16(18)22/h3-12,23H,1-2H3. The number of aryl methyl sites for hydroxylation is 1. The first-order valence-corrected chi connectivity index (χ1v) is 9.06. The van der Waals surface area contributed by atoms with Crippen LogP contribution in [0.3, 0.4) is 0 Å². The molecule has 1 N–H and O–H groups in total. The molecule has 4 aromatic rings. The molecule has 0 atom stereocenters. The van der Waals surface area contributed by atoms with Gasteiger partial charge >= 0.3 is 0 Å². The number of hydrogen-bond donors (Lipinski definition) is 1. The molecule has 26 heavy (non-hydrogen) atoms. The molecule has 0 saturated heterocycles. The maximum absolute atomic E-state index is 14.3. The number of aromatic nitrogens is 1. The molecule has 0 saturated carbocycles. The van der Waals surface area contributed by atoms with Gasteiger partial charge in [0.1, 0.15) is 5.75 Å². The number of thiophene rings is 1. The fraction of sp³-hybridized carbons (Fsp3) is 0.0952. The van der Waals surface area contributed by atoms with Crippen LogP contribution in [0, 0.1) is 12.7 Å². The summed E-state index contributed by atoms with van der Waals surface area (Å²) < 4.78 is 21.0. The number of benzene rings is 2. The first-order valence-electron chi connectivity index (χ1n) is 8.25. The third kappa shape index (κ3) is 3.13. The molecule has 0 bridgehead atoms. The number of nitrogens with one attached hydrogen (secondary N) is 1. The van der Waals surface area contributed by atoms with Gasteiger partial charge in [0.05, 0.1) is 10.2 Å². The first kappa shape index (κ1) is 16.5. The number of hydrogen-bond acceptors (Lipinski definition) is 4. The molecule has 0 fully saturated rings. The van der Waals surface area contributed by atoms with Crippen molar-refractivity contribution >= 4 is 27.2 Å². The third-order valence-electron chi connectivity index (χ3n) is 4.15. The van der Waals surface area contributed by atoms with Crippen LogP contribution < -0.4 is 10.1 Å². The molecule has 2 heterocycles. The van der Waals surface area contributed by atoms with Gasteiger partial charge in [0.25, 0.3) is 0 Å². The number of fused-ring (bicyclic) bond motifs is 1. The fourth-order valence-electron chi connectivity index (χ4n) is 2.71. The molecule has 2 aromatic carbocycles. The molecule has 0 unspecified atom stereocenters. The van der Waals surface area contributed by atoms with Gasteiger partial charge in [0.2, 0.25) is 0 Å². The molecular formula is C21H17FN2OS. The van der Waals surface area contributed by atoms with E-state index >= 15 is 0 Å². The van der Waals surface area contributed by atoms with Crippen molar-refractivity contribution in [3.63, 3.8) is 0 Å². The van der Waals surface area contributed by atoms with Crippen LogP contribution in [-0.2, 0) is 0 Å². The van der Waals surface area contributed by atoms with Crippen LogP contribution in [0.5, 0.6) is 11.5 Å². The molecule has 0 spiro atoms. The minimum Gasteiger partial charge on any atom is -0.453 e. The number of nitrogens with zero attached hydrogens (tertiary/aromatic N) is 1. The highest BCUT2D eigenvalue weighted by Crippen LogP contribution is 2.39. The van der Waals surface area contributed by atoms with Crippen LogP contribution in [0.1, 0.15) is 5.56 Å². The predicted octanol–water partition coefficient (Wildman–Crippen LogP) is 6.24. The van der Waals surface area contributed by atoms with E-state index in [1.807, 2.05) is 6.07 Å². The molecule has 130 valence electrons. The van der Waals surface area contributed by atoms with Crippen molar-refractivity contribution < 1.29 is 9.13 Å².